The number of carboxylic acid groups (broad SMARTS) is 1. The lowest BCUT2D eigenvalue weighted by atomic mass is 9.95. The SMILES string of the molecule is CCOC(=O)c1cc(CCCC(=O)O)ccc1-c1ccccc1OC. The molecule has 0 atom stereocenters. The fourth-order valence-electron chi connectivity index (χ4n) is 2.67. The molecule has 0 heterocycles. The molecule has 2 aromatic rings. The second-order valence-corrected chi connectivity index (χ2v) is 5.55. The topological polar surface area (TPSA) is 72.8 Å². The number of ether oxygens (including phenoxy) is 2. The van der Waals surface area contributed by atoms with Crippen molar-refractivity contribution in [1.82, 2.24) is 0 Å². The third-order valence-electron chi connectivity index (χ3n) is 3.83. The number of rotatable bonds is 8. The predicted molar refractivity (Wildman–Crippen MR) is 95.0 cm³/mol. The van der Waals surface area contributed by atoms with Crippen LogP contribution >= 0.6 is 0 Å². The van der Waals surface area contributed by atoms with Crippen molar-refractivity contribution in [1.29, 1.82) is 0 Å². The molecule has 0 unspecified atom stereocenters. The Morgan fingerprint density at radius 2 is 1.84 bits per heavy atom. The van der Waals surface area contributed by atoms with E-state index in [0.29, 0.717) is 24.2 Å². The summed E-state index contributed by atoms with van der Waals surface area (Å²) in [7, 11) is 1.59. The second kappa shape index (κ2) is 8.87. The fraction of sp³-hybridized carbons (Fsp3) is 0.300. The van der Waals surface area contributed by atoms with Crippen LogP contribution in [0.3, 0.4) is 0 Å². The average molecular weight is 342 g/mol. The van der Waals surface area contributed by atoms with Crippen LogP contribution in [0.25, 0.3) is 11.1 Å². The van der Waals surface area contributed by atoms with Gasteiger partial charge in [0.25, 0.3) is 0 Å². The van der Waals surface area contributed by atoms with Crippen molar-refractivity contribution in [3.8, 4) is 16.9 Å². The molecule has 132 valence electrons. The Bertz CT molecular complexity index is 752. The van der Waals surface area contributed by atoms with Crippen molar-refractivity contribution in [3.05, 3.63) is 53.6 Å². The zero-order valence-electron chi connectivity index (χ0n) is 14.5. The number of carboxylic acids is 1. The molecule has 25 heavy (non-hydrogen) atoms. The molecule has 0 saturated heterocycles. The summed E-state index contributed by atoms with van der Waals surface area (Å²) in [6, 6.07) is 13.0. The Hall–Kier alpha value is -2.82. The Morgan fingerprint density at radius 1 is 1.08 bits per heavy atom. The maximum atomic E-state index is 12.4. The molecule has 0 aliphatic carbocycles. The molecule has 2 rings (SSSR count). The van der Waals surface area contributed by atoms with E-state index in [2.05, 4.69) is 0 Å². The van der Waals surface area contributed by atoms with Crippen LogP contribution in [0.5, 0.6) is 5.75 Å². The van der Waals surface area contributed by atoms with Crippen LogP contribution < -0.4 is 4.74 Å². The van der Waals surface area contributed by atoms with Gasteiger partial charge in [-0.1, -0.05) is 30.3 Å². The van der Waals surface area contributed by atoms with E-state index >= 15 is 0 Å². The van der Waals surface area contributed by atoms with Crippen LogP contribution in [-0.2, 0) is 16.0 Å². The van der Waals surface area contributed by atoms with Gasteiger partial charge in [0.15, 0.2) is 0 Å². The van der Waals surface area contributed by atoms with E-state index < -0.39 is 11.9 Å². The highest BCUT2D eigenvalue weighted by Gasteiger charge is 2.17. The normalized spacial score (nSPS) is 10.3. The number of carbonyl (C=O) groups is 2. The van der Waals surface area contributed by atoms with Crippen molar-refractivity contribution in [2.45, 2.75) is 26.2 Å². The first-order valence-electron chi connectivity index (χ1n) is 8.22. The van der Waals surface area contributed by atoms with E-state index in [0.717, 1.165) is 16.7 Å². The van der Waals surface area contributed by atoms with Gasteiger partial charge in [0, 0.05) is 12.0 Å². The zero-order valence-corrected chi connectivity index (χ0v) is 14.5. The molecular formula is C20H22O5. The van der Waals surface area contributed by atoms with Gasteiger partial charge in [-0.05, 0) is 43.0 Å². The Morgan fingerprint density at radius 3 is 2.52 bits per heavy atom. The van der Waals surface area contributed by atoms with E-state index in [-0.39, 0.29) is 13.0 Å². The fourth-order valence-corrected chi connectivity index (χ4v) is 2.67. The number of esters is 1. The lowest BCUT2D eigenvalue weighted by Gasteiger charge is -2.14. The summed E-state index contributed by atoms with van der Waals surface area (Å²) in [6.07, 6.45) is 1.21. The number of aliphatic carboxylic acids is 1. The minimum absolute atomic E-state index is 0.100. The van der Waals surface area contributed by atoms with Gasteiger partial charge in [-0.15, -0.1) is 0 Å². The van der Waals surface area contributed by atoms with Crippen molar-refractivity contribution in [3.63, 3.8) is 0 Å². The molecule has 0 aromatic heterocycles. The van der Waals surface area contributed by atoms with E-state index in [1.165, 1.54) is 0 Å². The number of benzene rings is 2. The summed E-state index contributed by atoms with van der Waals surface area (Å²) in [5.41, 5.74) is 2.91. The van der Waals surface area contributed by atoms with E-state index in [1.54, 1.807) is 20.1 Å². The Balaban J connectivity index is 2.41. The molecule has 0 bridgehead atoms. The summed E-state index contributed by atoms with van der Waals surface area (Å²) in [6.45, 7) is 2.05. The van der Waals surface area contributed by atoms with Gasteiger partial charge in [0.05, 0.1) is 19.3 Å². The molecule has 0 fully saturated rings. The first kappa shape index (κ1) is 18.5. The maximum absolute atomic E-state index is 12.4. The summed E-state index contributed by atoms with van der Waals surface area (Å²) in [5.74, 6) is -0.550. The highest BCUT2D eigenvalue weighted by atomic mass is 16.5. The summed E-state index contributed by atoms with van der Waals surface area (Å²) < 4.78 is 10.6. The molecule has 0 radical (unpaired) electrons. The molecule has 0 saturated carbocycles. The number of aryl methyl sites for hydroxylation is 1. The Labute approximate surface area is 147 Å². The van der Waals surface area contributed by atoms with Gasteiger partial charge in [0.2, 0.25) is 0 Å². The third kappa shape index (κ3) is 4.83. The van der Waals surface area contributed by atoms with Gasteiger partial charge in [0.1, 0.15) is 5.75 Å². The van der Waals surface area contributed by atoms with Gasteiger partial charge in [-0.3, -0.25) is 4.79 Å². The van der Waals surface area contributed by atoms with Gasteiger partial charge >= 0.3 is 11.9 Å². The predicted octanol–water partition coefficient (Wildman–Crippen LogP) is 3.95. The summed E-state index contributed by atoms with van der Waals surface area (Å²) in [5, 5.41) is 8.77. The number of hydrogen-bond donors (Lipinski definition) is 1. The lowest BCUT2D eigenvalue weighted by molar-refractivity contribution is -0.137. The largest absolute Gasteiger partial charge is 0.496 e. The lowest BCUT2D eigenvalue weighted by Crippen LogP contribution is -2.08. The van der Waals surface area contributed by atoms with Gasteiger partial charge < -0.3 is 14.6 Å². The van der Waals surface area contributed by atoms with Gasteiger partial charge in [-0.2, -0.15) is 0 Å². The summed E-state index contributed by atoms with van der Waals surface area (Å²) >= 11 is 0. The smallest absolute Gasteiger partial charge is 0.338 e. The van der Waals surface area contributed by atoms with Crippen LogP contribution in [0, 0.1) is 0 Å². The minimum Gasteiger partial charge on any atom is -0.496 e. The average Bonchev–Trinajstić information content (AvgIpc) is 2.61. The third-order valence-corrected chi connectivity index (χ3v) is 3.83. The monoisotopic (exact) mass is 342 g/mol. The minimum atomic E-state index is -0.823. The molecule has 0 spiro atoms. The number of carbonyl (C=O) groups excluding carboxylic acids is 1. The molecule has 2 aromatic carbocycles. The zero-order chi connectivity index (χ0) is 18.2. The van der Waals surface area contributed by atoms with E-state index in [1.807, 2.05) is 36.4 Å². The van der Waals surface area contributed by atoms with E-state index in [9.17, 15) is 9.59 Å². The molecule has 0 amide bonds. The van der Waals surface area contributed by atoms with Crippen molar-refractivity contribution >= 4 is 11.9 Å². The van der Waals surface area contributed by atoms with Crippen molar-refractivity contribution in [2.75, 3.05) is 13.7 Å². The number of para-hydroxylation sites is 1. The highest BCUT2D eigenvalue weighted by molar-refractivity contribution is 5.98. The van der Waals surface area contributed by atoms with Crippen LogP contribution in [0.1, 0.15) is 35.7 Å². The first-order chi connectivity index (χ1) is 12.1. The molecule has 0 aliphatic heterocycles. The number of methoxy groups -OCH3 is 1. The second-order valence-electron chi connectivity index (χ2n) is 5.55. The molecule has 0 aliphatic rings. The molecule has 5 heteroatoms. The molecule has 1 N–H and O–H groups in total. The summed E-state index contributed by atoms with van der Waals surface area (Å²) in [4.78, 5) is 23.1. The maximum Gasteiger partial charge on any atom is 0.338 e. The van der Waals surface area contributed by atoms with Gasteiger partial charge in [-0.25, -0.2) is 4.79 Å². The van der Waals surface area contributed by atoms with Crippen LogP contribution in [-0.4, -0.2) is 30.8 Å². The van der Waals surface area contributed by atoms with Crippen LogP contribution in [0.2, 0.25) is 0 Å². The quantitative estimate of drug-likeness (QED) is 0.736. The van der Waals surface area contributed by atoms with Crippen molar-refractivity contribution in [2.24, 2.45) is 0 Å². The highest BCUT2D eigenvalue weighted by Crippen LogP contribution is 2.33. The van der Waals surface area contributed by atoms with E-state index in [4.69, 9.17) is 14.6 Å². The number of hydrogen-bond acceptors (Lipinski definition) is 4. The first-order valence-corrected chi connectivity index (χ1v) is 8.22. The standard InChI is InChI=1S/C20H22O5/c1-3-25-20(23)17-13-14(7-6-10-19(21)22)11-12-15(17)16-8-4-5-9-18(16)24-2/h4-5,8-9,11-13H,3,6-7,10H2,1-2H3,(H,21,22). The molecular weight excluding hydrogens is 320 g/mol. The van der Waals surface area contributed by atoms with Crippen molar-refractivity contribution < 1.29 is 24.2 Å². The van der Waals surface area contributed by atoms with Crippen LogP contribution in [0.4, 0.5) is 0 Å². The molecule has 5 nitrogen and oxygen atoms in total. The Kier molecular flexibility index (Phi) is 6.57. The van der Waals surface area contributed by atoms with Crippen LogP contribution in [0.15, 0.2) is 42.5 Å².